The average Bonchev–Trinajstić information content (AvgIpc) is 3.62. The Bertz CT molecular complexity index is 1500. The number of nitrogen functional groups attached to an aromatic ring is 1. The van der Waals surface area contributed by atoms with Gasteiger partial charge >= 0.3 is 13.7 Å². The maximum Gasteiger partial charge on any atom is 0.459 e. The van der Waals surface area contributed by atoms with Crippen molar-refractivity contribution in [3.63, 3.8) is 0 Å². The third-order valence-electron chi connectivity index (χ3n) is 6.80. The zero-order valence-electron chi connectivity index (χ0n) is 23.1. The van der Waals surface area contributed by atoms with Crippen molar-refractivity contribution in [2.24, 2.45) is 0 Å². The third kappa shape index (κ3) is 6.54. The van der Waals surface area contributed by atoms with Crippen molar-refractivity contribution in [2.45, 2.75) is 68.5 Å². The second-order valence-electron chi connectivity index (χ2n) is 10.1. The first-order valence-electron chi connectivity index (χ1n) is 13.5. The second-order valence-corrected chi connectivity index (χ2v) is 12.4. The molecule has 0 spiro atoms. The summed E-state index contributed by atoms with van der Waals surface area (Å²) in [6.07, 6.45) is -5.57. The van der Waals surface area contributed by atoms with Gasteiger partial charge in [-0.15, -0.1) is 11.6 Å². The van der Waals surface area contributed by atoms with Gasteiger partial charge in [0.1, 0.15) is 24.0 Å². The minimum Gasteiger partial charge on any atom is -0.465 e. The topological polar surface area (TPSA) is 185 Å². The molecule has 3 heterocycles. The Hall–Kier alpha value is -3.14. The van der Waals surface area contributed by atoms with Crippen LogP contribution in [-0.2, 0) is 23.4 Å². The lowest BCUT2D eigenvalue weighted by molar-refractivity contribution is -0.144. The Kier molecular flexibility index (Phi) is 9.07. The van der Waals surface area contributed by atoms with E-state index >= 15 is 0 Å². The molecular formula is C25H31ClF2N7O7P. The van der Waals surface area contributed by atoms with Gasteiger partial charge in [-0.05, 0) is 38.8 Å². The average molecular weight is 646 g/mol. The predicted molar refractivity (Wildman–Crippen MR) is 151 cm³/mol. The van der Waals surface area contributed by atoms with Crippen molar-refractivity contribution < 1.29 is 41.8 Å². The molecule has 2 aromatic heterocycles. The van der Waals surface area contributed by atoms with Crippen molar-refractivity contribution in [1.82, 2.24) is 24.6 Å². The van der Waals surface area contributed by atoms with E-state index in [0.29, 0.717) is 5.82 Å². The molecule has 5 rings (SSSR count). The first-order chi connectivity index (χ1) is 20.4. The van der Waals surface area contributed by atoms with Crippen molar-refractivity contribution >= 4 is 48.2 Å². The number of benzene rings is 1. The van der Waals surface area contributed by atoms with Gasteiger partial charge < -0.3 is 30.2 Å². The third-order valence-corrected chi connectivity index (χ3v) is 9.02. The molecule has 1 unspecified atom stereocenters. The summed E-state index contributed by atoms with van der Waals surface area (Å²) in [5, 5.41) is 16.7. The van der Waals surface area contributed by atoms with Crippen molar-refractivity contribution in [3.8, 4) is 5.75 Å². The van der Waals surface area contributed by atoms with E-state index < -0.39 is 56.1 Å². The zero-order valence-corrected chi connectivity index (χ0v) is 24.8. The second kappa shape index (κ2) is 12.5. The Labute approximate surface area is 249 Å². The molecular weight excluding hydrogens is 615 g/mol. The summed E-state index contributed by atoms with van der Waals surface area (Å²) < 4.78 is 65.9. The number of ether oxygens (including phenoxy) is 2. The van der Waals surface area contributed by atoms with Crippen LogP contribution in [0.25, 0.3) is 11.2 Å². The molecule has 2 aliphatic rings. The van der Waals surface area contributed by atoms with Crippen LogP contribution in [-0.4, -0.2) is 79.4 Å². The van der Waals surface area contributed by atoms with Gasteiger partial charge in [0.15, 0.2) is 28.1 Å². The minimum absolute atomic E-state index is 0.0445. The summed E-state index contributed by atoms with van der Waals surface area (Å²) in [6, 6.07) is 6.95. The van der Waals surface area contributed by atoms with E-state index in [1.165, 1.54) is 25.4 Å². The van der Waals surface area contributed by atoms with Gasteiger partial charge in [0, 0.05) is 6.04 Å². The zero-order chi connectivity index (χ0) is 30.9. The minimum atomic E-state index is -4.40. The van der Waals surface area contributed by atoms with Crippen molar-refractivity contribution in [1.29, 1.82) is 0 Å². The van der Waals surface area contributed by atoms with Crippen LogP contribution in [0.2, 0.25) is 0 Å². The maximum atomic E-state index is 14.6. The van der Waals surface area contributed by atoms with Gasteiger partial charge in [-0.25, -0.2) is 18.3 Å². The fourth-order valence-corrected chi connectivity index (χ4v) is 6.29. The molecule has 3 aromatic rings. The molecule has 6 atom stereocenters. The first-order valence-corrected chi connectivity index (χ1v) is 15.4. The van der Waals surface area contributed by atoms with Gasteiger partial charge in [0.2, 0.25) is 5.95 Å². The molecule has 1 aliphatic carbocycles. The molecule has 1 saturated carbocycles. The monoisotopic (exact) mass is 645 g/mol. The number of halogens is 3. The number of rotatable bonds is 13. The SMILES string of the molecule is CCOC(=O)[C@H](C)NP(=O)(OC[C@H]1O[C@@H](n2cnc3c(NC4CC4)nc(N)nc32)[C@@](Cl)(C(F)F)[C@@H]1O)Oc1ccccc1. The number of aliphatic hydroxyl groups excluding tert-OH is 1. The highest BCUT2D eigenvalue weighted by molar-refractivity contribution is 7.52. The molecule has 0 amide bonds. The smallest absolute Gasteiger partial charge is 0.459 e. The number of nitrogens with zero attached hydrogens (tertiary/aromatic N) is 4. The normalized spacial score (nSPS) is 25.9. The van der Waals surface area contributed by atoms with Crippen LogP contribution in [0.5, 0.6) is 5.75 Å². The number of aromatic nitrogens is 4. The van der Waals surface area contributed by atoms with Crippen LogP contribution in [0.1, 0.15) is 32.9 Å². The summed E-state index contributed by atoms with van der Waals surface area (Å²) >= 11 is 6.43. The Morgan fingerprint density at radius 2 is 2.05 bits per heavy atom. The number of nitrogens with two attached hydrogens (primary N) is 1. The van der Waals surface area contributed by atoms with E-state index in [4.69, 9.17) is 35.9 Å². The molecule has 2 fully saturated rings. The van der Waals surface area contributed by atoms with Gasteiger partial charge in [-0.3, -0.25) is 13.9 Å². The van der Waals surface area contributed by atoms with Crippen LogP contribution in [0.15, 0.2) is 36.7 Å². The molecule has 0 bridgehead atoms. The number of aliphatic hydroxyl groups is 1. The Balaban J connectivity index is 1.41. The van der Waals surface area contributed by atoms with Crippen molar-refractivity contribution in [2.75, 3.05) is 24.3 Å². The summed E-state index contributed by atoms with van der Waals surface area (Å²) in [7, 11) is -4.40. The molecule has 18 heteroatoms. The number of para-hydroxylation sites is 1. The summed E-state index contributed by atoms with van der Waals surface area (Å²) in [5.41, 5.74) is 6.17. The first kappa shape index (κ1) is 31.3. The Morgan fingerprint density at radius 1 is 1.33 bits per heavy atom. The van der Waals surface area contributed by atoms with Gasteiger partial charge in [0.05, 0.1) is 19.5 Å². The highest BCUT2D eigenvalue weighted by Gasteiger charge is 2.62. The van der Waals surface area contributed by atoms with E-state index in [-0.39, 0.29) is 35.5 Å². The number of esters is 1. The molecule has 14 nitrogen and oxygen atoms in total. The molecule has 234 valence electrons. The molecule has 5 N–H and O–H groups in total. The number of hydrogen-bond acceptors (Lipinski definition) is 12. The maximum absolute atomic E-state index is 14.6. The lowest BCUT2D eigenvalue weighted by Crippen LogP contribution is -2.48. The Morgan fingerprint density at radius 3 is 2.70 bits per heavy atom. The van der Waals surface area contributed by atoms with Crippen LogP contribution < -0.4 is 20.7 Å². The quantitative estimate of drug-likeness (QED) is 0.121. The van der Waals surface area contributed by atoms with Gasteiger partial charge in [-0.2, -0.15) is 15.1 Å². The van der Waals surface area contributed by atoms with E-state index in [1.807, 2.05) is 0 Å². The fraction of sp³-hybridized carbons (Fsp3) is 0.520. The van der Waals surface area contributed by atoms with Crippen LogP contribution >= 0.6 is 19.3 Å². The highest BCUT2D eigenvalue weighted by atomic mass is 35.5. The lowest BCUT2D eigenvalue weighted by atomic mass is 9.99. The van der Waals surface area contributed by atoms with Gasteiger partial charge in [0.25, 0.3) is 6.43 Å². The molecule has 1 saturated heterocycles. The van der Waals surface area contributed by atoms with Crippen LogP contribution in [0.4, 0.5) is 20.5 Å². The van der Waals surface area contributed by atoms with E-state index in [0.717, 1.165) is 17.4 Å². The number of anilines is 2. The number of imidazole rings is 1. The molecule has 0 radical (unpaired) electrons. The number of alkyl halides is 3. The summed E-state index contributed by atoms with van der Waals surface area (Å²) in [6.45, 7) is 2.32. The van der Waals surface area contributed by atoms with E-state index in [1.54, 1.807) is 25.1 Å². The summed E-state index contributed by atoms with van der Waals surface area (Å²) in [5.74, 6) is -0.437. The number of nitrogens with one attached hydrogen (secondary N) is 2. The van der Waals surface area contributed by atoms with Gasteiger partial charge in [-0.1, -0.05) is 18.2 Å². The molecule has 43 heavy (non-hydrogen) atoms. The number of carbonyl (C=O) groups excluding carboxylic acids is 1. The fourth-order valence-electron chi connectivity index (χ4n) is 4.49. The predicted octanol–water partition coefficient (Wildman–Crippen LogP) is 3.23. The van der Waals surface area contributed by atoms with E-state index in [2.05, 4.69) is 25.4 Å². The van der Waals surface area contributed by atoms with Crippen LogP contribution in [0.3, 0.4) is 0 Å². The standard InChI is InChI=1S/C25H31ClF2N7O7P/c1-3-39-21(37)13(2)34-43(38,42-15-7-5-4-6-8-15)40-11-16-18(36)25(26,22(27)28)23(41-16)35-12-30-17-19(31-14-9-10-14)32-24(29)33-20(17)35/h4-8,12-14,16,18,22-23,36H,3,9-11H2,1-2H3,(H,34,38)(H3,29,31,32,33)/t13-,16+,18+,23+,25-,43?/m0/s1. The van der Waals surface area contributed by atoms with Crippen LogP contribution in [0, 0.1) is 0 Å². The lowest BCUT2D eigenvalue weighted by Gasteiger charge is -2.29. The summed E-state index contributed by atoms with van der Waals surface area (Å²) in [4.78, 5) is 22.1. The number of fused-ring (bicyclic) bond motifs is 1. The highest BCUT2D eigenvalue weighted by Crippen LogP contribution is 2.51. The number of carbonyl (C=O) groups is 1. The number of hydrogen-bond donors (Lipinski definition) is 4. The molecule has 1 aromatic carbocycles. The van der Waals surface area contributed by atoms with E-state index in [9.17, 15) is 23.2 Å². The largest absolute Gasteiger partial charge is 0.465 e. The molecule has 1 aliphatic heterocycles. The van der Waals surface area contributed by atoms with Crippen molar-refractivity contribution in [3.05, 3.63) is 36.7 Å².